The lowest BCUT2D eigenvalue weighted by molar-refractivity contribution is 0.624. The van der Waals surface area contributed by atoms with Gasteiger partial charge in [0.05, 0.1) is 34.8 Å². The number of pyridine rings is 1. The van der Waals surface area contributed by atoms with Gasteiger partial charge in [0.1, 0.15) is 11.5 Å². The molecule has 1 N–H and O–H groups in total. The Bertz CT molecular complexity index is 1150. The molecule has 2 aromatic carbocycles. The number of benzene rings is 2. The van der Waals surface area contributed by atoms with Crippen molar-refractivity contribution in [2.75, 3.05) is 10.2 Å². The number of hydrogen-bond donors (Lipinski definition) is 1. The maximum absolute atomic E-state index is 13.2. The van der Waals surface area contributed by atoms with Crippen molar-refractivity contribution in [1.82, 2.24) is 9.97 Å². The summed E-state index contributed by atoms with van der Waals surface area (Å²) >= 11 is 2.25. The van der Waals surface area contributed by atoms with Gasteiger partial charge in [0.25, 0.3) is 0 Å². The fraction of sp³-hybridized carbons (Fsp3) is 0.0455. The molecule has 132 valence electrons. The van der Waals surface area contributed by atoms with Crippen molar-refractivity contribution >= 4 is 39.6 Å². The Morgan fingerprint density at radius 2 is 1.63 bits per heavy atom. The molecule has 0 aliphatic carbocycles. The first-order valence-corrected chi connectivity index (χ1v) is 9.31. The summed E-state index contributed by atoms with van der Waals surface area (Å²) in [6, 6.07) is 19.8. The molecule has 0 radical (unpaired) electrons. The van der Waals surface area contributed by atoms with Crippen LogP contribution in [0.3, 0.4) is 0 Å². The first-order valence-electron chi connectivity index (χ1n) is 8.35. The molecule has 4 rings (SSSR count). The van der Waals surface area contributed by atoms with Crippen LogP contribution in [0, 0.1) is 17.7 Å². The van der Waals surface area contributed by atoms with Crippen molar-refractivity contribution in [2.24, 2.45) is 0 Å². The van der Waals surface area contributed by atoms with E-state index in [0.29, 0.717) is 11.3 Å². The van der Waals surface area contributed by atoms with E-state index in [1.807, 2.05) is 22.3 Å². The third kappa shape index (κ3) is 3.96. The lowest BCUT2D eigenvalue weighted by Crippen LogP contribution is -1.98. The predicted molar refractivity (Wildman–Crippen MR) is 116 cm³/mol. The van der Waals surface area contributed by atoms with Crippen molar-refractivity contribution < 1.29 is 4.39 Å². The number of aromatic nitrogens is 2. The molecular formula is C22H15FIN3. The van der Waals surface area contributed by atoms with Crippen molar-refractivity contribution in [2.45, 2.75) is 0 Å². The fourth-order valence-electron chi connectivity index (χ4n) is 2.80. The topological polar surface area (TPSA) is 31.9 Å². The van der Waals surface area contributed by atoms with Crippen LogP contribution in [0.2, 0.25) is 0 Å². The fourth-order valence-corrected chi connectivity index (χ4v) is 3.12. The van der Waals surface area contributed by atoms with Crippen molar-refractivity contribution in [3.8, 4) is 23.0 Å². The SMILES string of the molecule is CN(I)c1ccc(-c2ccc(C#Cc3cc4cc(F)cnc4[nH]3)cc2)cc1. The van der Waals surface area contributed by atoms with E-state index in [1.54, 1.807) is 6.07 Å². The van der Waals surface area contributed by atoms with Crippen molar-refractivity contribution in [3.05, 3.63) is 83.9 Å². The monoisotopic (exact) mass is 467 g/mol. The standard InChI is InChI=1S/C22H15FIN3/c1-27(24)21-10-7-17(8-11-21)16-5-2-15(3-6-16)4-9-20-13-18-12-19(23)14-25-22(18)26-20/h2-3,5-8,10-14H,1H3,(H,25,26). The number of nitrogens with zero attached hydrogens (tertiary/aromatic N) is 2. The molecule has 0 saturated carbocycles. The Morgan fingerprint density at radius 1 is 0.963 bits per heavy atom. The molecule has 5 heteroatoms. The van der Waals surface area contributed by atoms with Gasteiger partial charge in [-0.1, -0.05) is 30.2 Å². The molecule has 0 aliphatic rings. The summed E-state index contributed by atoms with van der Waals surface area (Å²) in [6.45, 7) is 0. The molecule has 27 heavy (non-hydrogen) atoms. The summed E-state index contributed by atoms with van der Waals surface area (Å²) < 4.78 is 15.3. The van der Waals surface area contributed by atoms with Crippen LogP contribution in [-0.4, -0.2) is 17.0 Å². The third-order valence-corrected chi connectivity index (χ3v) is 4.78. The van der Waals surface area contributed by atoms with Gasteiger partial charge in [-0.2, -0.15) is 0 Å². The Morgan fingerprint density at radius 3 is 2.30 bits per heavy atom. The van der Waals surface area contributed by atoms with Gasteiger partial charge >= 0.3 is 0 Å². The molecule has 2 aromatic heterocycles. The molecule has 0 amide bonds. The molecular weight excluding hydrogens is 452 g/mol. The van der Waals surface area contributed by atoms with Gasteiger partial charge in [-0.05, 0) is 53.4 Å². The Labute approximate surface area is 170 Å². The predicted octanol–water partition coefficient (Wildman–Crippen LogP) is 5.56. The number of aromatic amines is 1. The summed E-state index contributed by atoms with van der Waals surface area (Å²) in [5.74, 6) is 5.85. The zero-order valence-electron chi connectivity index (χ0n) is 14.5. The average molecular weight is 467 g/mol. The highest BCUT2D eigenvalue weighted by Gasteiger charge is 2.02. The lowest BCUT2D eigenvalue weighted by Gasteiger charge is -2.10. The molecule has 0 atom stereocenters. The number of hydrogen-bond acceptors (Lipinski definition) is 2. The summed E-state index contributed by atoms with van der Waals surface area (Å²) in [5.41, 5.74) is 5.74. The molecule has 0 aliphatic heterocycles. The second-order valence-corrected chi connectivity index (χ2v) is 7.57. The van der Waals surface area contributed by atoms with E-state index in [2.05, 4.69) is 81.1 Å². The maximum Gasteiger partial charge on any atom is 0.142 e. The van der Waals surface area contributed by atoms with Gasteiger partial charge in [0.15, 0.2) is 0 Å². The van der Waals surface area contributed by atoms with E-state index in [1.165, 1.54) is 17.8 Å². The number of halogens is 2. The minimum atomic E-state index is -0.352. The van der Waals surface area contributed by atoms with Gasteiger partial charge in [0.2, 0.25) is 0 Å². The van der Waals surface area contributed by atoms with Crippen LogP contribution in [0.25, 0.3) is 22.2 Å². The molecule has 3 nitrogen and oxygen atoms in total. The smallest absolute Gasteiger partial charge is 0.142 e. The van der Waals surface area contributed by atoms with Gasteiger partial charge in [-0.3, -0.25) is 0 Å². The van der Waals surface area contributed by atoms with Gasteiger partial charge in [-0.15, -0.1) is 0 Å². The normalized spacial score (nSPS) is 10.5. The highest BCUT2D eigenvalue weighted by atomic mass is 127. The summed E-state index contributed by atoms with van der Waals surface area (Å²) in [7, 11) is 2.02. The average Bonchev–Trinajstić information content (AvgIpc) is 3.09. The van der Waals surface area contributed by atoms with E-state index in [0.717, 1.165) is 22.2 Å². The second kappa shape index (κ2) is 7.41. The minimum absolute atomic E-state index is 0.352. The molecule has 0 unspecified atom stereocenters. The largest absolute Gasteiger partial charge is 0.333 e. The lowest BCUT2D eigenvalue weighted by atomic mass is 10.0. The van der Waals surface area contributed by atoms with Crippen LogP contribution in [0.1, 0.15) is 11.3 Å². The Hall–Kier alpha value is -2.85. The first-order chi connectivity index (χ1) is 13.1. The first kappa shape index (κ1) is 17.6. The number of anilines is 1. The number of rotatable bonds is 2. The van der Waals surface area contributed by atoms with E-state index in [-0.39, 0.29) is 5.82 Å². The van der Waals surface area contributed by atoms with Crippen molar-refractivity contribution in [1.29, 1.82) is 0 Å². The van der Waals surface area contributed by atoms with Crippen LogP contribution in [0.5, 0.6) is 0 Å². The van der Waals surface area contributed by atoms with Crippen LogP contribution >= 0.6 is 22.9 Å². The van der Waals surface area contributed by atoms with Crippen LogP contribution < -0.4 is 3.11 Å². The van der Waals surface area contributed by atoms with Crippen LogP contribution in [0.15, 0.2) is 66.9 Å². The van der Waals surface area contributed by atoms with Gasteiger partial charge in [0, 0.05) is 23.7 Å². The molecule has 2 heterocycles. The number of nitrogens with one attached hydrogen (secondary N) is 1. The van der Waals surface area contributed by atoms with E-state index in [4.69, 9.17) is 0 Å². The number of H-pyrrole nitrogens is 1. The minimum Gasteiger partial charge on any atom is -0.333 e. The zero-order valence-corrected chi connectivity index (χ0v) is 16.7. The molecule has 4 aromatic rings. The molecule has 0 spiro atoms. The van der Waals surface area contributed by atoms with Crippen LogP contribution in [-0.2, 0) is 0 Å². The molecule has 0 fully saturated rings. The zero-order chi connectivity index (χ0) is 18.8. The third-order valence-electron chi connectivity index (χ3n) is 4.22. The van der Waals surface area contributed by atoms with E-state index < -0.39 is 0 Å². The van der Waals surface area contributed by atoms with Gasteiger partial charge in [-0.25, -0.2) is 9.37 Å². The summed E-state index contributed by atoms with van der Waals surface area (Å²) in [4.78, 5) is 7.11. The Balaban J connectivity index is 1.54. The van der Waals surface area contributed by atoms with E-state index >= 15 is 0 Å². The highest BCUT2D eigenvalue weighted by molar-refractivity contribution is 14.1. The van der Waals surface area contributed by atoms with Crippen LogP contribution in [0.4, 0.5) is 10.1 Å². The summed E-state index contributed by atoms with van der Waals surface area (Å²) in [5, 5.41) is 0.718. The second-order valence-electron chi connectivity index (χ2n) is 6.13. The summed E-state index contributed by atoms with van der Waals surface area (Å²) in [6.07, 6.45) is 1.19. The van der Waals surface area contributed by atoms with E-state index in [9.17, 15) is 4.39 Å². The highest BCUT2D eigenvalue weighted by Crippen LogP contribution is 2.24. The maximum atomic E-state index is 13.2. The van der Waals surface area contributed by atoms with Crippen molar-refractivity contribution in [3.63, 3.8) is 0 Å². The quantitative estimate of drug-likeness (QED) is 0.238. The van der Waals surface area contributed by atoms with Gasteiger partial charge < -0.3 is 8.10 Å². The number of fused-ring (bicyclic) bond motifs is 1. The molecule has 0 saturated heterocycles. The Kier molecular flexibility index (Phi) is 4.82. The molecule has 0 bridgehead atoms.